The van der Waals surface area contributed by atoms with Crippen molar-refractivity contribution >= 4 is 28.2 Å². The number of amides is 1. The summed E-state index contributed by atoms with van der Waals surface area (Å²) in [5.74, 6) is 1.20. The first-order valence-electron chi connectivity index (χ1n) is 14.5. The van der Waals surface area contributed by atoms with Crippen LogP contribution in [0.25, 0.3) is 10.8 Å². The molecule has 0 saturated carbocycles. The van der Waals surface area contributed by atoms with Gasteiger partial charge in [-0.15, -0.1) is 0 Å². The number of benzene rings is 2. The van der Waals surface area contributed by atoms with E-state index < -0.39 is 0 Å². The van der Waals surface area contributed by atoms with E-state index in [1.54, 1.807) is 4.90 Å². The second-order valence-corrected chi connectivity index (χ2v) is 11.4. The van der Waals surface area contributed by atoms with Crippen molar-refractivity contribution < 1.29 is 9.53 Å². The van der Waals surface area contributed by atoms with Crippen molar-refractivity contribution in [3.63, 3.8) is 0 Å². The number of rotatable bonds is 7. The van der Waals surface area contributed by atoms with Gasteiger partial charge in [-0.3, -0.25) is 4.79 Å². The predicted molar refractivity (Wildman–Crippen MR) is 160 cm³/mol. The third kappa shape index (κ3) is 5.57. The van der Waals surface area contributed by atoms with Crippen LogP contribution in [-0.4, -0.2) is 84.6 Å². The van der Waals surface area contributed by atoms with Crippen LogP contribution in [0.1, 0.15) is 24.1 Å². The Kier molecular flexibility index (Phi) is 7.75. The molecule has 0 N–H and O–H groups in total. The first kappa shape index (κ1) is 27.0. The zero-order valence-corrected chi connectivity index (χ0v) is 23.7. The summed E-state index contributed by atoms with van der Waals surface area (Å²) >= 11 is 0. The summed E-state index contributed by atoms with van der Waals surface area (Å²) in [6.45, 7) is 9.54. The predicted octanol–water partition coefficient (Wildman–Crippen LogP) is 3.64. The Balaban J connectivity index is 1.32. The number of nitrogens with zero attached hydrogens (tertiary/aromatic N) is 7. The van der Waals surface area contributed by atoms with Crippen LogP contribution in [0.5, 0.6) is 6.01 Å². The molecular formula is C32H37N7O2. The van der Waals surface area contributed by atoms with E-state index in [2.05, 4.69) is 76.9 Å². The summed E-state index contributed by atoms with van der Waals surface area (Å²) in [5, 5.41) is 12.0. The van der Waals surface area contributed by atoms with Gasteiger partial charge in [0, 0.05) is 55.3 Å². The average molecular weight is 552 g/mol. The van der Waals surface area contributed by atoms with Crippen LogP contribution in [0.3, 0.4) is 0 Å². The molecule has 3 aromatic rings. The molecule has 2 atom stereocenters. The van der Waals surface area contributed by atoms with Crippen molar-refractivity contribution in [1.82, 2.24) is 19.8 Å². The van der Waals surface area contributed by atoms with Crippen molar-refractivity contribution in [1.29, 1.82) is 5.26 Å². The van der Waals surface area contributed by atoms with Crippen molar-refractivity contribution in [2.75, 3.05) is 62.7 Å². The van der Waals surface area contributed by atoms with Gasteiger partial charge in [-0.05, 0) is 44.0 Å². The molecule has 2 fully saturated rings. The first-order chi connectivity index (χ1) is 20.0. The van der Waals surface area contributed by atoms with E-state index in [-0.39, 0.29) is 18.4 Å². The molecule has 1 aromatic heterocycles. The van der Waals surface area contributed by atoms with Gasteiger partial charge in [0.15, 0.2) is 0 Å². The smallest absolute Gasteiger partial charge is 0.318 e. The summed E-state index contributed by atoms with van der Waals surface area (Å²) < 4.78 is 6.27. The van der Waals surface area contributed by atoms with Crippen LogP contribution >= 0.6 is 0 Å². The zero-order valence-electron chi connectivity index (χ0n) is 23.7. The fourth-order valence-corrected chi connectivity index (χ4v) is 6.49. The Morgan fingerprint density at radius 1 is 1.10 bits per heavy atom. The number of hydrogen-bond donors (Lipinski definition) is 0. The summed E-state index contributed by atoms with van der Waals surface area (Å²) in [6.07, 6.45) is 3.51. The fraction of sp³-hybridized carbons (Fsp3) is 0.438. The lowest BCUT2D eigenvalue weighted by molar-refractivity contribution is -0.128. The first-order valence-corrected chi connectivity index (χ1v) is 14.5. The molecule has 3 aliphatic rings. The maximum absolute atomic E-state index is 12.5. The average Bonchev–Trinajstić information content (AvgIpc) is 3.43. The number of nitriles is 1. The number of ether oxygens (including phenoxy) is 1. The van der Waals surface area contributed by atoms with Crippen LogP contribution in [0.2, 0.25) is 0 Å². The quantitative estimate of drug-likeness (QED) is 0.412. The van der Waals surface area contributed by atoms with E-state index in [4.69, 9.17) is 14.7 Å². The number of anilines is 2. The lowest BCUT2D eigenvalue weighted by atomic mass is 10.0. The third-order valence-corrected chi connectivity index (χ3v) is 8.63. The van der Waals surface area contributed by atoms with Crippen molar-refractivity contribution in [2.24, 2.45) is 5.92 Å². The summed E-state index contributed by atoms with van der Waals surface area (Å²) in [4.78, 5) is 31.2. The number of fused-ring (bicyclic) bond motifs is 2. The van der Waals surface area contributed by atoms with Crippen LogP contribution in [0.15, 0.2) is 55.1 Å². The molecule has 0 radical (unpaired) electrons. The molecule has 2 aromatic carbocycles. The minimum absolute atomic E-state index is 0.133. The van der Waals surface area contributed by atoms with Crippen molar-refractivity contribution in [2.45, 2.75) is 31.8 Å². The third-order valence-electron chi connectivity index (χ3n) is 8.63. The topological polar surface area (TPSA) is 88.8 Å². The second kappa shape index (κ2) is 11.8. The van der Waals surface area contributed by atoms with E-state index in [0.29, 0.717) is 44.7 Å². The van der Waals surface area contributed by atoms with Gasteiger partial charge in [0.25, 0.3) is 0 Å². The van der Waals surface area contributed by atoms with Gasteiger partial charge >= 0.3 is 6.01 Å². The Bertz CT molecular complexity index is 1480. The van der Waals surface area contributed by atoms with Gasteiger partial charge in [-0.1, -0.05) is 43.0 Å². The van der Waals surface area contributed by atoms with Crippen molar-refractivity contribution in [3.8, 4) is 12.1 Å². The maximum atomic E-state index is 12.5. The molecular weight excluding hydrogens is 514 g/mol. The molecule has 3 aliphatic heterocycles. The minimum Gasteiger partial charge on any atom is -0.463 e. The van der Waals surface area contributed by atoms with Crippen LogP contribution in [-0.2, 0) is 17.8 Å². The molecule has 212 valence electrons. The highest BCUT2D eigenvalue weighted by Gasteiger charge is 2.33. The van der Waals surface area contributed by atoms with E-state index in [1.807, 2.05) is 0 Å². The minimum atomic E-state index is -0.223. The standard InChI is InChI=1S/C32H37N7O2/c1-3-30(40)39-18-17-38(20-25(39)11-14-33)31-27-13-16-37(29-10-6-8-24-7-4-5-9-26(24)29)21-28(27)34-32(35-31)41-22-23-12-15-36(2)19-23/h3-10,23,25H,1,11-13,15-22H2,2H3/t23-,25?/m0/s1. The molecule has 9 heteroatoms. The van der Waals surface area contributed by atoms with Gasteiger partial charge in [-0.2, -0.15) is 15.2 Å². The monoisotopic (exact) mass is 551 g/mol. The van der Waals surface area contributed by atoms with E-state index >= 15 is 0 Å². The Morgan fingerprint density at radius 2 is 1.95 bits per heavy atom. The summed E-state index contributed by atoms with van der Waals surface area (Å²) in [6, 6.07) is 17.4. The molecule has 2 saturated heterocycles. The molecule has 4 heterocycles. The van der Waals surface area contributed by atoms with Crippen LogP contribution < -0.4 is 14.5 Å². The number of aromatic nitrogens is 2. The van der Waals surface area contributed by atoms with Gasteiger partial charge in [0.1, 0.15) is 5.82 Å². The van der Waals surface area contributed by atoms with Gasteiger partial charge < -0.3 is 24.3 Å². The number of piperazine rings is 1. The number of carbonyl (C=O) groups is 1. The normalized spacial score (nSPS) is 21.0. The van der Waals surface area contributed by atoms with Gasteiger partial charge in [-0.25, -0.2) is 0 Å². The highest BCUT2D eigenvalue weighted by atomic mass is 16.5. The Labute approximate surface area is 241 Å². The molecule has 9 nitrogen and oxygen atoms in total. The maximum Gasteiger partial charge on any atom is 0.318 e. The van der Waals surface area contributed by atoms with Crippen molar-refractivity contribution in [3.05, 3.63) is 66.4 Å². The molecule has 1 unspecified atom stereocenters. The van der Waals surface area contributed by atoms with Crippen LogP contribution in [0, 0.1) is 17.2 Å². The number of hydrogen-bond acceptors (Lipinski definition) is 8. The molecule has 41 heavy (non-hydrogen) atoms. The van der Waals surface area contributed by atoms with E-state index in [0.717, 1.165) is 49.6 Å². The molecule has 0 spiro atoms. The second-order valence-electron chi connectivity index (χ2n) is 11.4. The highest BCUT2D eigenvalue weighted by Crippen LogP contribution is 2.35. The molecule has 0 aliphatic carbocycles. The van der Waals surface area contributed by atoms with E-state index in [9.17, 15) is 10.1 Å². The molecule has 6 rings (SSSR count). The number of carbonyl (C=O) groups excluding carboxylic acids is 1. The lowest BCUT2D eigenvalue weighted by Crippen LogP contribution is -2.55. The SMILES string of the molecule is C=CC(=O)N1CCN(c2nc(OC[C@H]3CCN(C)C3)nc3c2CCN(c2cccc4ccccc24)C3)CC1CC#N. The largest absolute Gasteiger partial charge is 0.463 e. The Hall–Kier alpha value is -4.16. The van der Waals surface area contributed by atoms with Crippen LogP contribution in [0.4, 0.5) is 11.5 Å². The highest BCUT2D eigenvalue weighted by molar-refractivity contribution is 5.94. The summed E-state index contributed by atoms with van der Waals surface area (Å²) in [7, 11) is 2.14. The van der Waals surface area contributed by atoms with Gasteiger partial charge in [0.05, 0.1) is 37.4 Å². The molecule has 0 bridgehead atoms. The summed E-state index contributed by atoms with van der Waals surface area (Å²) in [5.41, 5.74) is 3.32. The number of likely N-dealkylation sites (tertiary alicyclic amines) is 1. The van der Waals surface area contributed by atoms with Gasteiger partial charge in [0.2, 0.25) is 5.91 Å². The molecule has 1 amide bonds. The fourth-order valence-electron chi connectivity index (χ4n) is 6.49. The van der Waals surface area contributed by atoms with E-state index in [1.165, 1.54) is 22.5 Å². The Morgan fingerprint density at radius 3 is 2.76 bits per heavy atom. The zero-order chi connectivity index (χ0) is 28.3. The lowest BCUT2D eigenvalue weighted by Gasteiger charge is -2.42.